The number of nitrogen functional groups attached to an aromatic ring is 1. The molecule has 47 heavy (non-hydrogen) atoms. The lowest BCUT2D eigenvalue weighted by Crippen LogP contribution is -2.27. The molecule has 3 aromatic rings. The van der Waals surface area contributed by atoms with Crippen LogP contribution >= 0.6 is 0 Å². The number of esters is 2. The molecule has 12 heteroatoms. The van der Waals surface area contributed by atoms with Gasteiger partial charge in [0.25, 0.3) is 5.69 Å². The highest BCUT2D eigenvalue weighted by molar-refractivity contribution is 5.97. The Balaban J connectivity index is 1.34. The van der Waals surface area contributed by atoms with E-state index in [-0.39, 0.29) is 17.9 Å². The SMILES string of the molecule is CCCCCCCC1COC(c2ccc(-c3ccc(OC(=O)c4cc(N)c(OC(=O)C(F)CCCC)cc4[N+](=O)[O-])cc3)nc2)OC1. The number of hydrogen-bond acceptors (Lipinski definition) is 10. The van der Waals surface area contributed by atoms with Crippen LogP contribution in [0.1, 0.15) is 93.8 Å². The van der Waals surface area contributed by atoms with Crippen LogP contribution in [0.4, 0.5) is 15.8 Å². The van der Waals surface area contributed by atoms with Crippen LogP contribution in [0.5, 0.6) is 11.5 Å². The summed E-state index contributed by atoms with van der Waals surface area (Å²) in [7, 11) is 0. The number of carbonyl (C=O) groups is 2. The second-order valence-corrected chi connectivity index (χ2v) is 11.7. The number of alkyl halides is 1. The largest absolute Gasteiger partial charge is 0.423 e. The first-order valence-corrected chi connectivity index (χ1v) is 16.2. The van der Waals surface area contributed by atoms with E-state index in [4.69, 9.17) is 24.7 Å². The molecular formula is C35H42FN3O8. The van der Waals surface area contributed by atoms with Crippen molar-refractivity contribution in [3.8, 4) is 22.8 Å². The van der Waals surface area contributed by atoms with Gasteiger partial charge < -0.3 is 24.7 Å². The molecule has 1 fully saturated rings. The molecule has 11 nitrogen and oxygen atoms in total. The molecule has 1 aliphatic rings. The zero-order valence-electron chi connectivity index (χ0n) is 26.8. The molecular weight excluding hydrogens is 609 g/mol. The van der Waals surface area contributed by atoms with Gasteiger partial charge in [-0.3, -0.25) is 15.1 Å². The zero-order valence-corrected chi connectivity index (χ0v) is 26.8. The Morgan fingerprint density at radius 1 is 1.00 bits per heavy atom. The lowest BCUT2D eigenvalue weighted by molar-refractivity contribution is -0.385. The molecule has 0 amide bonds. The van der Waals surface area contributed by atoms with E-state index in [1.165, 1.54) is 44.2 Å². The van der Waals surface area contributed by atoms with E-state index in [1.54, 1.807) is 18.3 Å². The van der Waals surface area contributed by atoms with Gasteiger partial charge in [0, 0.05) is 23.2 Å². The van der Waals surface area contributed by atoms with Crippen molar-refractivity contribution < 1.29 is 37.9 Å². The van der Waals surface area contributed by atoms with E-state index in [0.29, 0.717) is 37.7 Å². The number of aromatic nitrogens is 1. The maximum atomic E-state index is 14.1. The van der Waals surface area contributed by atoms with Gasteiger partial charge in [-0.05, 0) is 49.2 Å². The Morgan fingerprint density at radius 2 is 1.70 bits per heavy atom. The Bertz CT molecular complexity index is 1490. The van der Waals surface area contributed by atoms with Gasteiger partial charge in [0.15, 0.2) is 18.2 Å². The van der Waals surface area contributed by atoms with Gasteiger partial charge in [0.1, 0.15) is 11.3 Å². The molecule has 0 saturated carbocycles. The molecule has 0 radical (unpaired) electrons. The maximum Gasteiger partial charge on any atom is 0.350 e. The zero-order chi connectivity index (χ0) is 33.8. The highest BCUT2D eigenvalue weighted by Gasteiger charge is 2.28. The first-order valence-electron chi connectivity index (χ1n) is 16.2. The Labute approximate surface area is 273 Å². The number of benzene rings is 2. The number of hydrogen-bond donors (Lipinski definition) is 1. The van der Waals surface area contributed by atoms with E-state index in [1.807, 2.05) is 19.1 Å². The van der Waals surface area contributed by atoms with Gasteiger partial charge in [-0.25, -0.2) is 14.0 Å². The van der Waals surface area contributed by atoms with Gasteiger partial charge in [0.2, 0.25) is 0 Å². The third-order valence-corrected chi connectivity index (χ3v) is 7.92. The normalized spacial score (nSPS) is 16.7. The Hall–Kier alpha value is -4.42. The van der Waals surface area contributed by atoms with Gasteiger partial charge in [-0.15, -0.1) is 0 Å². The number of nitro benzene ring substituents is 1. The third kappa shape index (κ3) is 10.0. The van der Waals surface area contributed by atoms with Crippen LogP contribution in [0.2, 0.25) is 0 Å². The standard InChI is InChI=1S/C35H42FN3O8/c1-3-5-7-8-9-10-23-21-44-35(45-22-23)25-14-17-30(38-20-25)24-12-15-26(16-13-24)46-33(40)27-18-29(37)32(19-31(27)39(42)43)47-34(41)28(36)11-6-4-2/h12-20,23,28,35H,3-11,21-22,37H2,1-2H3. The van der Waals surface area contributed by atoms with Crippen LogP contribution in [0.25, 0.3) is 11.3 Å². The van der Waals surface area contributed by atoms with Gasteiger partial charge in [-0.1, -0.05) is 64.9 Å². The van der Waals surface area contributed by atoms with Crippen LogP contribution in [-0.4, -0.2) is 41.2 Å². The van der Waals surface area contributed by atoms with Crippen LogP contribution in [-0.2, 0) is 14.3 Å². The number of nitrogens with zero attached hydrogens (tertiary/aromatic N) is 2. The fourth-order valence-electron chi connectivity index (χ4n) is 5.17. The van der Waals surface area contributed by atoms with Crippen LogP contribution in [0.3, 0.4) is 0 Å². The van der Waals surface area contributed by atoms with E-state index in [9.17, 15) is 24.1 Å². The highest BCUT2D eigenvalue weighted by atomic mass is 19.1. The molecule has 0 aliphatic carbocycles. The molecule has 1 saturated heterocycles. The molecule has 2 aromatic carbocycles. The van der Waals surface area contributed by atoms with Gasteiger partial charge >= 0.3 is 11.9 Å². The second-order valence-electron chi connectivity index (χ2n) is 11.7. The third-order valence-electron chi connectivity index (χ3n) is 7.92. The van der Waals surface area contributed by atoms with Crippen LogP contribution < -0.4 is 15.2 Å². The number of nitro groups is 1. The number of unbranched alkanes of at least 4 members (excludes halogenated alkanes) is 5. The van der Waals surface area contributed by atoms with Crippen molar-refractivity contribution in [1.29, 1.82) is 0 Å². The van der Waals surface area contributed by atoms with Crippen molar-refractivity contribution >= 4 is 23.3 Å². The summed E-state index contributed by atoms with van der Waals surface area (Å²) in [5, 5.41) is 11.7. The number of anilines is 1. The summed E-state index contributed by atoms with van der Waals surface area (Å²) in [6, 6.07) is 12.0. The number of halogens is 1. The number of nitrogens with two attached hydrogens (primary N) is 1. The van der Waals surface area contributed by atoms with Crippen molar-refractivity contribution in [2.45, 2.75) is 84.1 Å². The summed E-state index contributed by atoms with van der Waals surface area (Å²) in [6.07, 6.45) is 7.78. The molecule has 1 aromatic heterocycles. The molecule has 1 atom stereocenters. The molecule has 4 rings (SSSR count). The number of rotatable bonds is 16. The van der Waals surface area contributed by atoms with Gasteiger partial charge in [-0.2, -0.15) is 0 Å². The minimum Gasteiger partial charge on any atom is -0.423 e. The lowest BCUT2D eigenvalue weighted by atomic mass is 10.0. The van der Waals surface area contributed by atoms with E-state index in [0.717, 1.165) is 29.7 Å². The monoisotopic (exact) mass is 651 g/mol. The number of ether oxygens (including phenoxy) is 4. The fourth-order valence-corrected chi connectivity index (χ4v) is 5.17. The predicted octanol–water partition coefficient (Wildman–Crippen LogP) is 7.91. The number of pyridine rings is 1. The topological polar surface area (TPSA) is 153 Å². The van der Waals surface area contributed by atoms with Crippen LogP contribution in [0, 0.1) is 16.0 Å². The van der Waals surface area contributed by atoms with Crippen molar-refractivity contribution in [3.05, 3.63) is 76.0 Å². The Morgan fingerprint density at radius 3 is 2.34 bits per heavy atom. The maximum absolute atomic E-state index is 14.1. The summed E-state index contributed by atoms with van der Waals surface area (Å²) in [4.78, 5) is 40.4. The van der Waals surface area contributed by atoms with E-state index in [2.05, 4.69) is 11.9 Å². The lowest BCUT2D eigenvalue weighted by Gasteiger charge is -2.29. The van der Waals surface area contributed by atoms with Crippen LogP contribution in [0.15, 0.2) is 54.7 Å². The molecule has 1 aliphatic heterocycles. The van der Waals surface area contributed by atoms with Crippen molar-refractivity contribution in [1.82, 2.24) is 4.98 Å². The molecule has 1 unspecified atom stereocenters. The van der Waals surface area contributed by atoms with Gasteiger partial charge in [0.05, 0.1) is 35.6 Å². The average molecular weight is 652 g/mol. The summed E-state index contributed by atoms with van der Waals surface area (Å²) in [6.45, 7) is 5.37. The predicted molar refractivity (Wildman–Crippen MR) is 174 cm³/mol. The summed E-state index contributed by atoms with van der Waals surface area (Å²) >= 11 is 0. The highest BCUT2D eigenvalue weighted by Crippen LogP contribution is 2.33. The molecule has 2 N–H and O–H groups in total. The Kier molecular flexibility index (Phi) is 13.2. The summed E-state index contributed by atoms with van der Waals surface area (Å²) < 4.78 is 36.3. The minimum atomic E-state index is -1.91. The quantitative estimate of drug-likeness (QED) is 0.0403. The molecule has 0 spiro atoms. The molecule has 0 bridgehead atoms. The first-order chi connectivity index (χ1) is 22.7. The minimum absolute atomic E-state index is 0.0496. The molecule has 252 valence electrons. The van der Waals surface area contributed by atoms with Crippen molar-refractivity contribution in [3.63, 3.8) is 0 Å². The first kappa shape index (κ1) is 35.4. The van der Waals surface area contributed by atoms with E-state index >= 15 is 0 Å². The fraction of sp³-hybridized carbons (Fsp3) is 0.457. The van der Waals surface area contributed by atoms with Crippen molar-refractivity contribution in [2.24, 2.45) is 5.92 Å². The smallest absolute Gasteiger partial charge is 0.350 e. The molecule has 2 heterocycles. The van der Waals surface area contributed by atoms with Crippen molar-refractivity contribution in [2.75, 3.05) is 18.9 Å². The summed E-state index contributed by atoms with van der Waals surface area (Å²) in [5.74, 6) is -2.15. The second kappa shape index (κ2) is 17.5. The number of carbonyl (C=O) groups excluding carboxylic acids is 2. The van der Waals surface area contributed by atoms with E-state index < -0.39 is 46.3 Å². The summed E-state index contributed by atoms with van der Waals surface area (Å²) in [5.41, 5.74) is 6.71. The average Bonchev–Trinajstić information content (AvgIpc) is 3.08.